The van der Waals surface area contributed by atoms with Crippen LogP contribution in [0.1, 0.15) is 50.7 Å². The van der Waals surface area contributed by atoms with E-state index in [1.54, 1.807) is 23.9 Å². The Kier molecular flexibility index (Phi) is 12.2. The van der Waals surface area contributed by atoms with Crippen molar-refractivity contribution in [3.05, 3.63) is 149 Å². The van der Waals surface area contributed by atoms with E-state index in [9.17, 15) is 4.39 Å². The number of allylic oxidation sites excluding steroid dienone is 9. The number of thioether (sulfide) groups is 1. The second kappa shape index (κ2) is 16.2. The van der Waals surface area contributed by atoms with E-state index < -0.39 is 0 Å². The van der Waals surface area contributed by atoms with Crippen LogP contribution in [0.5, 0.6) is 0 Å². The first kappa shape index (κ1) is 31.5. The minimum Gasteiger partial charge on any atom is -0.359 e. The zero-order valence-corrected chi connectivity index (χ0v) is 26.2. The van der Waals surface area contributed by atoms with Crippen LogP contribution < -0.4 is 5.32 Å². The number of aryl methyl sites for hydroxylation is 1. The zero-order valence-electron chi connectivity index (χ0n) is 24.6. The Balaban J connectivity index is 0.00000198. The van der Waals surface area contributed by atoms with Gasteiger partial charge in [0.15, 0.2) is 0 Å². The van der Waals surface area contributed by atoms with Crippen LogP contribution in [0.25, 0.3) is 17.0 Å². The molecule has 0 fully saturated rings. The van der Waals surface area contributed by atoms with Crippen LogP contribution in [-0.2, 0) is 12.3 Å². The summed E-state index contributed by atoms with van der Waals surface area (Å²) >= 11 is 7.90. The zero-order chi connectivity index (χ0) is 29.7. The summed E-state index contributed by atoms with van der Waals surface area (Å²) in [7, 11) is 0. The maximum Gasteiger partial charge on any atom is 0.128 e. The SMILES string of the molecule is C=C(NC1=CC=C(C2=CC=CCCC2)C=CC1)c1cc(-c2ccccc2)n(CCSCc2c(F)cccc2Cl)c1.CC. The molecule has 2 aliphatic carbocycles. The lowest BCUT2D eigenvalue weighted by Gasteiger charge is -2.11. The molecule has 1 heterocycles. The van der Waals surface area contributed by atoms with E-state index in [1.165, 1.54) is 23.6 Å². The summed E-state index contributed by atoms with van der Waals surface area (Å²) in [5.41, 5.74) is 8.56. The van der Waals surface area contributed by atoms with Gasteiger partial charge in [-0.3, -0.25) is 0 Å². The molecule has 218 valence electrons. The third-order valence-corrected chi connectivity index (χ3v) is 8.45. The monoisotopic (exact) mass is 598 g/mol. The Hall–Kier alpha value is -3.47. The summed E-state index contributed by atoms with van der Waals surface area (Å²) in [6, 6.07) is 17.4. The van der Waals surface area contributed by atoms with Gasteiger partial charge in [-0.2, -0.15) is 11.8 Å². The molecule has 0 saturated heterocycles. The van der Waals surface area contributed by atoms with Crippen molar-refractivity contribution in [2.24, 2.45) is 0 Å². The molecule has 2 aromatic carbocycles. The Labute approximate surface area is 260 Å². The molecule has 0 radical (unpaired) electrons. The second-order valence-corrected chi connectivity index (χ2v) is 11.5. The van der Waals surface area contributed by atoms with Crippen LogP contribution in [0.15, 0.2) is 127 Å². The van der Waals surface area contributed by atoms with Crippen molar-refractivity contribution in [3.8, 4) is 11.3 Å². The van der Waals surface area contributed by atoms with Crippen molar-refractivity contribution in [2.75, 3.05) is 5.75 Å². The number of hydrogen-bond acceptors (Lipinski definition) is 2. The standard InChI is InChI=1S/C35H34ClFN2S.C2H6/c1-26(38-31-16-9-15-28(19-20-31)27-11-5-2-3-6-12-27)30-23-35(29-13-7-4-8-14-29)39(24-30)21-22-40-25-32-33(36)17-10-18-34(32)37;1-2/h2,4-5,7-11,13-15,17-20,23-24,38H,1,3,6,12,16,21-22,25H2;1-2H3. The molecule has 0 spiro atoms. The van der Waals surface area contributed by atoms with E-state index in [1.807, 2.05) is 19.9 Å². The first-order chi connectivity index (χ1) is 20.6. The number of rotatable bonds is 10. The van der Waals surface area contributed by atoms with Gasteiger partial charge in [-0.1, -0.05) is 105 Å². The number of halogens is 2. The van der Waals surface area contributed by atoms with Gasteiger partial charge < -0.3 is 9.88 Å². The summed E-state index contributed by atoms with van der Waals surface area (Å²) in [4.78, 5) is 0. The van der Waals surface area contributed by atoms with Crippen molar-refractivity contribution in [1.29, 1.82) is 0 Å². The fraction of sp³-hybridized carbons (Fsp3) is 0.243. The quantitative estimate of drug-likeness (QED) is 0.234. The Morgan fingerprint density at radius 1 is 1.05 bits per heavy atom. The number of benzene rings is 2. The predicted octanol–water partition coefficient (Wildman–Crippen LogP) is 10.9. The van der Waals surface area contributed by atoms with Gasteiger partial charge in [-0.25, -0.2) is 4.39 Å². The summed E-state index contributed by atoms with van der Waals surface area (Å²) in [6.07, 6.45) is 21.9. The van der Waals surface area contributed by atoms with Gasteiger partial charge in [0.1, 0.15) is 5.82 Å². The van der Waals surface area contributed by atoms with Gasteiger partial charge in [-0.05, 0) is 60.2 Å². The van der Waals surface area contributed by atoms with Crippen molar-refractivity contribution >= 4 is 29.1 Å². The normalized spacial score (nSPS) is 14.5. The highest BCUT2D eigenvalue weighted by Gasteiger charge is 2.13. The van der Waals surface area contributed by atoms with Crippen molar-refractivity contribution in [1.82, 2.24) is 9.88 Å². The Bertz CT molecular complexity index is 1490. The van der Waals surface area contributed by atoms with Crippen molar-refractivity contribution in [3.63, 3.8) is 0 Å². The Morgan fingerprint density at radius 2 is 1.88 bits per heavy atom. The molecule has 1 N–H and O–H groups in total. The summed E-state index contributed by atoms with van der Waals surface area (Å²) < 4.78 is 16.5. The molecule has 0 unspecified atom stereocenters. The third-order valence-electron chi connectivity index (χ3n) is 7.13. The molecule has 2 nitrogen and oxygen atoms in total. The minimum absolute atomic E-state index is 0.247. The van der Waals surface area contributed by atoms with E-state index in [0.717, 1.165) is 59.8 Å². The lowest BCUT2D eigenvalue weighted by atomic mass is 10.0. The molecule has 2 aliphatic rings. The third kappa shape index (κ3) is 8.53. The lowest BCUT2D eigenvalue weighted by Crippen LogP contribution is -2.10. The van der Waals surface area contributed by atoms with E-state index >= 15 is 0 Å². The number of nitrogens with zero attached hydrogens (tertiary/aromatic N) is 1. The van der Waals surface area contributed by atoms with Gasteiger partial charge in [0.2, 0.25) is 0 Å². The highest BCUT2D eigenvalue weighted by molar-refractivity contribution is 7.98. The van der Waals surface area contributed by atoms with Gasteiger partial charge >= 0.3 is 0 Å². The summed E-state index contributed by atoms with van der Waals surface area (Å²) in [5.74, 6) is 1.12. The molecule has 5 rings (SSSR count). The first-order valence-corrected chi connectivity index (χ1v) is 16.3. The molecule has 0 amide bonds. The molecule has 1 aromatic heterocycles. The number of aromatic nitrogens is 1. The second-order valence-electron chi connectivity index (χ2n) is 9.96. The lowest BCUT2D eigenvalue weighted by molar-refractivity contribution is 0.617. The fourth-order valence-corrected chi connectivity index (χ4v) is 6.21. The molecular formula is C37H40ClFN2S. The first-order valence-electron chi connectivity index (χ1n) is 14.7. The highest BCUT2D eigenvalue weighted by Crippen LogP contribution is 2.29. The van der Waals surface area contributed by atoms with Crippen LogP contribution >= 0.6 is 23.4 Å². The van der Waals surface area contributed by atoms with Crippen molar-refractivity contribution in [2.45, 2.75) is 51.8 Å². The van der Waals surface area contributed by atoms with Crippen LogP contribution in [0, 0.1) is 5.82 Å². The van der Waals surface area contributed by atoms with E-state index in [4.69, 9.17) is 11.6 Å². The van der Waals surface area contributed by atoms with E-state index in [-0.39, 0.29) is 5.82 Å². The van der Waals surface area contributed by atoms with Gasteiger partial charge in [0.05, 0.1) is 0 Å². The number of hydrogen-bond donors (Lipinski definition) is 1. The highest BCUT2D eigenvalue weighted by atomic mass is 35.5. The summed E-state index contributed by atoms with van der Waals surface area (Å²) in [6.45, 7) is 9.17. The van der Waals surface area contributed by atoms with Gasteiger partial charge in [-0.15, -0.1) is 0 Å². The molecule has 3 aromatic rings. The largest absolute Gasteiger partial charge is 0.359 e. The van der Waals surface area contributed by atoms with Gasteiger partial charge in [0.25, 0.3) is 0 Å². The molecule has 0 saturated carbocycles. The predicted molar refractivity (Wildman–Crippen MR) is 182 cm³/mol. The minimum atomic E-state index is -0.247. The molecular weight excluding hydrogens is 559 g/mol. The molecule has 0 aliphatic heterocycles. The maximum absolute atomic E-state index is 14.2. The fourth-order valence-electron chi connectivity index (χ4n) is 4.93. The maximum atomic E-state index is 14.2. The van der Waals surface area contributed by atoms with Gasteiger partial charge in [0, 0.05) is 63.9 Å². The average Bonchev–Trinajstić information content (AvgIpc) is 3.14. The summed E-state index contributed by atoms with van der Waals surface area (Å²) in [5, 5.41) is 4.05. The van der Waals surface area contributed by atoms with Crippen LogP contribution in [0.3, 0.4) is 0 Å². The van der Waals surface area contributed by atoms with Crippen LogP contribution in [0.4, 0.5) is 4.39 Å². The molecule has 42 heavy (non-hydrogen) atoms. The molecule has 0 atom stereocenters. The molecule has 5 heteroatoms. The molecule has 0 bridgehead atoms. The Morgan fingerprint density at radius 3 is 2.69 bits per heavy atom. The average molecular weight is 599 g/mol. The smallest absolute Gasteiger partial charge is 0.128 e. The number of nitrogens with one attached hydrogen (secondary N) is 1. The van der Waals surface area contributed by atoms with Crippen LogP contribution in [-0.4, -0.2) is 10.3 Å². The van der Waals surface area contributed by atoms with E-state index in [0.29, 0.717) is 16.3 Å². The van der Waals surface area contributed by atoms with E-state index in [2.05, 4.69) is 95.5 Å². The van der Waals surface area contributed by atoms with Crippen LogP contribution in [0.2, 0.25) is 5.02 Å². The van der Waals surface area contributed by atoms with Crippen molar-refractivity contribution < 1.29 is 4.39 Å². The topological polar surface area (TPSA) is 17.0 Å².